The molecular formula is C9H9FN2O. The van der Waals surface area contributed by atoms with E-state index in [1.165, 1.54) is 19.1 Å². The molecule has 0 heterocycles. The Morgan fingerprint density at radius 2 is 2.23 bits per heavy atom. The van der Waals surface area contributed by atoms with Gasteiger partial charge in [-0.15, -0.1) is 0 Å². The molecule has 0 aliphatic heterocycles. The van der Waals surface area contributed by atoms with E-state index in [0.717, 1.165) is 0 Å². The lowest BCUT2D eigenvalue weighted by atomic mass is 10.0. The molecule has 0 aliphatic rings. The van der Waals surface area contributed by atoms with Crippen molar-refractivity contribution in [3.8, 4) is 11.8 Å². The third-order valence-corrected chi connectivity index (χ3v) is 1.81. The summed E-state index contributed by atoms with van der Waals surface area (Å²) in [5.41, 5.74) is 5.77. The maximum Gasteiger partial charge on any atom is 0.168 e. The van der Waals surface area contributed by atoms with Crippen LogP contribution in [-0.4, -0.2) is 5.11 Å². The molecule has 1 rings (SSSR count). The summed E-state index contributed by atoms with van der Waals surface area (Å²) in [5, 5.41) is 17.7. The molecule has 0 fully saturated rings. The summed E-state index contributed by atoms with van der Waals surface area (Å²) in [6.45, 7) is 1.52. The monoisotopic (exact) mass is 180 g/mol. The zero-order chi connectivity index (χ0) is 10.0. The summed E-state index contributed by atoms with van der Waals surface area (Å²) in [4.78, 5) is 0. The SMILES string of the molecule is Cc1ccc([C@H](N)C#N)c(O)c1F. The van der Waals surface area contributed by atoms with Gasteiger partial charge in [-0.25, -0.2) is 4.39 Å². The third kappa shape index (κ3) is 1.60. The van der Waals surface area contributed by atoms with E-state index in [4.69, 9.17) is 11.0 Å². The maximum atomic E-state index is 13.1. The number of nitriles is 1. The molecule has 4 heteroatoms. The number of hydrogen-bond acceptors (Lipinski definition) is 3. The normalized spacial score (nSPS) is 12.2. The second kappa shape index (κ2) is 3.42. The summed E-state index contributed by atoms with van der Waals surface area (Å²) in [7, 11) is 0. The number of phenolic OH excluding ortho intramolecular Hbond substituents is 1. The van der Waals surface area contributed by atoms with Crippen molar-refractivity contribution in [2.45, 2.75) is 13.0 Å². The minimum Gasteiger partial charge on any atom is -0.505 e. The molecule has 0 saturated heterocycles. The van der Waals surface area contributed by atoms with Gasteiger partial charge < -0.3 is 10.8 Å². The van der Waals surface area contributed by atoms with Crippen molar-refractivity contribution in [3.05, 3.63) is 29.1 Å². The molecule has 1 aromatic rings. The van der Waals surface area contributed by atoms with E-state index in [0.29, 0.717) is 5.56 Å². The molecule has 0 radical (unpaired) electrons. The molecule has 68 valence electrons. The fourth-order valence-corrected chi connectivity index (χ4v) is 1.00. The van der Waals surface area contributed by atoms with Crippen LogP contribution in [0.1, 0.15) is 17.2 Å². The van der Waals surface area contributed by atoms with Crippen LogP contribution in [0.2, 0.25) is 0 Å². The molecule has 0 saturated carbocycles. The Labute approximate surface area is 75.2 Å². The van der Waals surface area contributed by atoms with Crippen molar-refractivity contribution in [2.75, 3.05) is 0 Å². The van der Waals surface area contributed by atoms with E-state index in [-0.39, 0.29) is 5.56 Å². The van der Waals surface area contributed by atoms with E-state index < -0.39 is 17.6 Å². The maximum absolute atomic E-state index is 13.1. The molecule has 0 bridgehead atoms. The zero-order valence-electron chi connectivity index (χ0n) is 7.08. The van der Waals surface area contributed by atoms with Crippen LogP contribution < -0.4 is 5.73 Å². The summed E-state index contributed by atoms with van der Waals surface area (Å²) >= 11 is 0. The van der Waals surface area contributed by atoms with E-state index in [1.54, 1.807) is 6.07 Å². The average molecular weight is 180 g/mol. The Hall–Kier alpha value is -1.60. The number of hydrogen-bond donors (Lipinski definition) is 2. The molecule has 0 unspecified atom stereocenters. The number of aryl methyl sites for hydroxylation is 1. The molecule has 1 atom stereocenters. The van der Waals surface area contributed by atoms with Crippen LogP contribution in [0.3, 0.4) is 0 Å². The van der Waals surface area contributed by atoms with Crippen molar-refractivity contribution in [1.82, 2.24) is 0 Å². The fraction of sp³-hybridized carbons (Fsp3) is 0.222. The minimum atomic E-state index is -0.991. The predicted molar refractivity (Wildman–Crippen MR) is 45.3 cm³/mol. The summed E-state index contributed by atoms with van der Waals surface area (Å²) in [5.74, 6) is -1.25. The lowest BCUT2D eigenvalue weighted by Gasteiger charge is -2.07. The number of aromatic hydroxyl groups is 1. The lowest BCUT2D eigenvalue weighted by Crippen LogP contribution is -2.08. The van der Waals surface area contributed by atoms with Gasteiger partial charge in [0.05, 0.1) is 6.07 Å². The molecular weight excluding hydrogens is 171 g/mol. The van der Waals surface area contributed by atoms with Crippen LogP contribution in [0, 0.1) is 24.1 Å². The highest BCUT2D eigenvalue weighted by Gasteiger charge is 2.14. The van der Waals surface area contributed by atoms with Gasteiger partial charge in [0.1, 0.15) is 6.04 Å². The quantitative estimate of drug-likeness (QED) is 0.685. The Morgan fingerprint density at radius 3 is 2.77 bits per heavy atom. The highest BCUT2D eigenvalue weighted by atomic mass is 19.1. The predicted octanol–water partition coefficient (Wildman–Crippen LogP) is 1.36. The number of benzene rings is 1. The van der Waals surface area contributed by atoms with Crippen LogP contribution in [0.4, 0.5) is 4.39 Å². The van der Waals surface area contributed by atoms with Crippen molar-refractivity contribution in [3.63, 3.8) is 0 Å². The first-order valence-corrected chi connectivity index (χ1v) is 3.71. The van der Waals surface area contributed by atoms with Gasteiger partial charge in [-0.2, -0.15) is 5.26 Å². The van der Waals surface area contributed by atoms with Gasteiger partial charge in [0.25, 0.3) is 0 Å². The fourth-order valence-electron chi connectivity index (χ4n) is 1.00. The van der Waals surface area contributed by atoms with Crippen molar-refractivity contribution < 1.29 is 9.50 Å². The average Bonchev–Trinajstić information content (AvgIpc) is 2.13. The van der Waals surface area contributed by atoms with Crippen LogP contribution in [-0.2, 0) is 0 Å². The van der Waals surface area contributed by atoms with Gasteiger partial charge in [0, 0.05) is 5.56 Å². The molecule has 3 N–H and O–H groups in total. The van der Waals surface area contributed by atoms with Gasteiger partial charge >= 0.3 is 0 Å². The first-order valence-electron chi connectivity index (χ1n) is 3.71. The number of nitrogens with zero attached hydrogens (tertiary/aromatic N) is 1. The van der Waals surface area contributed by atoms with E-state index in [2.05, 4.69) is 0 Å². The molecule has 0 spiro atoms. The lowest BCUT2D eigenvalue weighted by molar-refractivity contribution is 0.422. The second-order valence-electron chi connectivity index (χ2n) is 2.74. The van der Waals surface area contributed by atoms with Gasteiger partial charge in [-0.05, 0) is 12.5 Å². The largest absolute Gasteiger partial charge is 0.505 e. The molecule has 0 aliphatic carbocycles. The summed E-state index contributed by atoms with van der Waals surface area (Å²) in [6.07, 6.45) is 0. The topological polar surface area (TPSA) is 70.0 Å². The molecule has 13 heavy (non-hydrogen) atoms. The first kappa shape index (κ1) is 9.49. The number of phenols is 1. The van der Waals surface area contributed by atoms with Gasteiger partial charge in [-0.1, -0.05) is 12.1 Å². The van der Waals surface area contributed by atoms with E-state index >= 15 is 0 Å². The van der Waals surface area contributed by atoms with Crippen molar-refractivity contribution in [1.29, 1.82) is 5.26 Å². The highest BCUT2D eigenvalue weighted by Crippen LogP contribution is 2.27. The Morgan fingerprint density at radius 1 is 1.62 bits per heavy atom. The van der Waals surface area contributed by atoms with Crippen LogP contribution in [0.5, 0.6) is 5.75 Å². The molecule has 0 amide bonds. The highest BCUT2D eigenvalue weighted by molar-refractivity contribution is 5.41. The van der Waals surface area contributed by atoms with E-state index in [9.17, 15) is 9.50 Å². The minimum absolute atomic E-state index is 0.116. The molecule has 1 aromatic carbocycles. The Kier molecular flexibility index (Phi) is 2.49. The Bertz CT molecular complexity index is 371. The third-order valence-electron chi connectivity index (χ3n) is 1.81. The van der Waals surface area contributed by atoms with Crippen LogP contribution in [0.15, 0.2) is 12.1 Å². The van der Waals surface area contributed by atoms with Gasteiger partial charge in [-0.3, -0.25) is 0 Å². The van der Waals surface area contributed by atoms with Crippen LogP contribution in [0.25, 0.3) is 0 Å². The standard InChI is InChI=1S/C9H9FN2O/c1-5-2-3-6(7(12)4-11)9(13)8(5)10/h2-3,7,13H,12H2,1H3/t7-/m1/s1. The van der Waals surface area contributed by atoms with E-state index in [1.807, 2.05) is 0 Å². The van der Waals surface area contributed by atoms with Crippen molar-refractivity contribution >= 4 is 0 Å². The number of halogens is 1. The molecule has 3 nitrogen and oxygen atoms in total. The van der Waals surface area contributed by atoms with Crippen LogP contribution >= 0.6 is 0 Å². The number of nitrogens with two attached hydrogens (primary N) is 1. The zero-order valence-corrected chi connectivity index (χ0v) is 7.08. The summed E-state index contributed by atoms with van der Waals surface area (Å²) in [6, 6.07) is 3.65. The Balaban J connectivity index is 3.28. The number of rotatable bonds is 1. The van der Waals surface area contributed by atoms with Gasteiger partial charge in [0.15, 0.2) is 11.6 Å². The van der Waals surface area contributed by atoms with Crippen molar-refractivity contribution in [2.24, 2.45) is 5.73 Å². The summed E-state index contributed by atoms with van der Waals surface area (Å²) < 4.78 is 13.1. The smallest absolute Gasteiger partial charge is 0.168 e. The second-order valence-corrected chi connectivity index (χ2v) is 2.74. The van der Waals surface area contributed by atoms with Gasteiger partial charge in [0.2, 0.25) is 0 Å². The first-order chi connectivity index (χ1) is 6.07. The molecule has 0 aromatic heterocycles.